The van der Waals surface area contributed by atoms with Crippen LogP contribution in [0.3, 0.4) is 0 Å². The topological polar surface area (TPSA) is 43.4 Å². The first kappa shape index (κ1) is 12.8. The van der Waals surface area contributed by atoms with Gasteiger partial charge in [0.25, 0.3) is 0 Å². The first-order chi connectivity index (χ1) is 8.69. The number of ketones is 1. The van der Waals surface area contributed by atoms with Crippen molar-refractivity contribution in [2.45, 2.75) is 38.0 Å². The second-order valence-corrected chi connectivity index (χ2v) is 4.71. The van der Waals surface area contributed by atoms with Gasteiger partial charge >= 0.3 is 5.97 Å². The Bertz CT molecular complexity index is 438. The molecule has 1 saturated carbocycles. The maximum Gasteiger partial charge on any atom is 0.307 e. The molecule has 3 nitrogen and oxygen atoms in total. The van der Waals surface area contributed by atoms with Crippen LogP contribution in [-0.4, -0.2) is 18.4 Å². The van der Waals surface area contributed by atoms with Crippen molar-refractivity contribution in [2.75, 3.05) is 6.61 Å². The van der Waals surface area contributed by atoms with Crippen LogP contribution in [0.4, 0.5) is 0 Å². The third kappa shape index (κ3) is 2.30. The molecular formula is C15H18O3. The SMILES string of the molecule is CCOC(=O)CC1(c2ccccc2)CCCC1=O. The highest BCUT2D eigenvalue weighted by Gasteiger charge is 2.45. The van der Waals surface area contributed by atoms with E-state index < -0.39 is 5.41 Å². The van der Waals surface area contributed by atoms with Crippen LogP contribution in [0.1, 0.15) is 38.2 Å². The zero-order valence-corrected chi connectivity index (χ0v) is 10.6. The molecule has 0 bridgehead atoms. The normalized spacial score (nSPS) is 23.1. The van der Waals surface area contributed by atoms with Crippen LogP contribution in [0.2, 0.25) is 0 Å². The Balaban J connectivity index is 2.30. The van der Waals surface area contributed by atoms with Crippen molar-refractivity contribution in [3.63, 3.8) is 0 Å². The Morgan fingerprint density at radius 1 is 1.33 bits per heavy atom. The summed E-state index contributed by atoms with van der Waals surface area (Å²) in [5, 5.41) is 0. The van der Waals surface area contributed by atoms with Crippen LogP contribution in [-0.2, 0) is 19.7 Å². The molecule has 0 saturated heterocycles. The first-order valence-corrected chi connectivity index (χ1v) is 6.43. The molecule has 1 atom stereocenters. The van der Waals surface area contributed by atoms with E-state index in [0.717, 1.165) is 18.4 Å². The predicted molar refractivity (Wildman–Crippen MR) is 68.2 cm³/mol. The molecule has 0 aromatic heterocycles. The second kappa shape index (κ2) is 5.34. The average molecular weight is 246 g/mol. The monoisotopic (exact) mass is 246 g/mol. The molecule has 0 amide bonds. The van der Waals surface area contributed by atoms with E-state index >= 15 is 0 Å². The largest absolute Gasteiger partial charge is 0.466 e. The lowest BCUT2D eigenvalue weighted by molar-refractivity contribution is -0.146. The highest BCUT2D eigenvalue weighted by molar-refractivity contribution is 5.95. The third-order valence-corrected chi connectivity index (χ3v) is 3.62. The van der Waals surface area contributed by atoms with E-state index in [1.54, 1.807) is 6.92 Å². The Labute approximate surface area is 107 Å². The lowest BCUT2D eigenvalue weighted by Gasteiger charge is -2.26. The van der Waals surface area contributed by atoms with Crippen molar-refractivity contribution >= 4 is 11.8 Å². The molecule has 18 heavy (non-hydrogen) atoms. The minimum Gasteiger partial charge on any atom is -0.466 e. The summed E-state index contributed by atoms with van der Waals surface area (Å²) in [5.74, 6) is -0.113. The van der Waals surface area contributed by atoms with Gasteiger partial charge in [-0.3, -0.25) is 9.59 Å². The number of hydrogen-bond donors (Lipinski definition) is 0. The van der Waals surface area contributed by atoms with E-state index in [2.05, 4.69) is 0 Å². The van der Waals surface area contributed by atoms with E-state index in [1.807, 2.05) is 30.3 Å². The maximum atomic E-state index is 12.2. The first-order valence-electron chi connectivity index (χ1n) is 6.43. The van der Waals surface area contributed by atoms with Crippen LogP contribution in [0.15, 0.2) is 30.3 Å². The zero-order chi connectivity index (χ0) is 13.0. The van der Waals surface area contributed by atoms with E-state index in [-0.39, 0.29) is 18.2 Å². The van der Waals surface area contributed by atoms with Gasteiger partial charge in [0.05, 0.1) is 18.4 Å². The number of Topliss-reactive ketones (excluding diaryl/α,β-unsaturated/α-hetero) is 1. The summed E-state index contributed by atoms with van der Waals surface area (Å²) in [4.78, 5) is 24.0. The molecule has 3 heteroatoms. The summed E-state index contributed by atoms with van der Waals surface area (Å²) >= 11 is 0. The summed E-state index contributed by atoms with van der Waals surface area (Å²) in [5.41, 5.74) is 0.300. The van der Waals surface area contributed by atoms with Crippen LogP contribution in [0, 0.1) is 0 Å². The van der Waals surface area contributed by atoms with E-state index in [0.29, 0.717) is 13.0 Å². The molecule has 1 aliphatic carbocycles. The Morgan fingerprint density at radius 2 is 2.06 bits per heavy atom. The van der Waals surface area contributed by atoms with Crippen molar-refractivity contribution in [1.82, 2.24) is 0 Å². The fourth-order valence-electron chi connectivity index (χ4n) is 2.74. The molecule has 2 rings (SSSR count). The number of ether oxygens (including phenoxy) is 1. The summed E-state index contributed by atoms with van der Waals surface area (Å²) in [6, 6.07) is 9.60. The second-order valence-electron chi connectivity index (χ2n) is 4.71. The molecule has 96 valence electrons. The van der Waals surface area contributed by atoms with Crippen molar-refractivity contribution < 1.29 is 14.3 Å². The number of hydrogen-bond acceptors (Lipinski definition) is 3. The number of rotatable bonds is 4. The van der Waals surface area contributed by atoms with Gasteiger partial charge in [0.15, 0.2) is 0 Å². The van der Waals surface area contributed by atoms with Gasteiger partial charge in [-0.25, -0.2) is 0 Å². The molecular weight excluding hydrogens is 228 g/mol. The quantitative estimate of drug-likeness (QED) is 0.767. The van der Waals surface area contributed by atoms with Gasteiger partial charge in [0.1, 0.15) is 5.78 Å². The van der Waals surface area contributed by atoms with Gasteiger partial charge in [-0.1, -0.05) is 30.3 Å². The smallest absolute Gasteiger partial charge is 0.307 e. The van der Waals surface area contributed by atoms with Crippen molar-refractivity contribution in [2.24, 2.45) is 0 Å². The lowest BCUT2D eigenvalue weighted by Crippen LogP contribution is -2.34. The summed E-state index contributed by atoms with van der Waals surface area (Å²) in [6.45, 7) is 2.14. The predicted octanol–water partition coefficient (Wildman–Crippen LogP) is 2.63. The highest BCUT2D eigenvalue weighted by atomic mass is 16.5. The van der Waals surface area contributed by atoms with Crippen LogP contribution < -0.4 is 0 Å². The Kier molecular flexibility index (Phi) is 3.80. The van der Waals surface area contributed by atoms with Gasteiger partial charge in [-0.05, 0) is 25.3 Å². The molecule has 0 aliphatic heterocycles. The standard InChI is InChI=1S/C15H18O3/c1-2-18-14(17)11-15(10-6-9-13(15)16)12-7-4-3-5-8-12/h3-5,7-8H,2,6,9-11H2,1H3. The number of esters is 1. The molecule has 1 aromatic rings. The van der Waals surface area contributed by atoms with E-state index in [4.69, 9.17) is 4.74 Å². The van der Waals surface area contributed by atoms with Gasteiger partial charge in [-0.2, -0.15) is 0 Å². The van der Waals surface area contributed by atoms with Crippen molar-refractivity contribution in [3.8, 4) is 0 Å². The summed E-state index contributed by atoms with van der Waals surface area (Å²) in [7, 11) is 0. The number of carbonyl (C=O) groups is 2. The van der Waals surface area contributed by atoms with Gasteiger partial charge < -0.3 is 4.74 Å². The Morgan fingerprint density at radius 3 is 2.61 bits per heavy atom. The van der Waals surface area contributed by atoms with Crippen LogP contribution in [0.25, 0.3) is 0 Å². The average Bonchev–Trinajstić information content (AvgIpc) is 2.73. The van der Waals surface area contributed by atoms with Gasteiger partial charge in [-0.15, -0.1) is 0 Å². The lowest BCUT2D eigenvalue weighted by atomic mass is 9.75. The van der Waals surface area contributed by atoms with Crippen LogP contribution in [0.5, 0.6) is 0 Å². The molecule has 0 heterocycles. The third-order valence-electron chi connectivity index (χ3n) is 3.62. The number of carbonyl (C=O) groups excluding carboxylic acids is 2. The summed E-state index contributed by atoms with van der Waals surface area (Å²) in [6.07, 6.45) is 2.33. The molecule has 1 aromatic carbocycles. The minimum atomic E-state index is -0.645. The molecule has 1 unspecified atom stereocenters. The molecule has 0 N–H and O–H groups in total. The molecule has 0 spiro atoms. The minimum absolute atomic E-state index is 0.168. The van der Waals surface area contributed by atoms with Crippen molar-refractivity contribution in [1.29, 1.82) is 0 Å². The zero-order valence-electron chi connectivity index (χ0n) is 10.6. The van der Waals surface area contributed by atoms with Gasteiger partial charge in [0.2, 0.25) is 0 Å². The molecule has 1 aliphatic rings. The maximum absolute atomic E-state index is 12.2. The fraction of sp³-hybridized carbons (Fsp3) is 0.467. The van der Waals surface area contributed by atoms with E-state index in [9.17, 15) is 9.59 Å². The molecule has 0 radical (unpaired) electrons. The van der Waals surface area contributed by atoms with E-state index in [1.165, 1.54) is 0 Å². The Hall–Kier alpha value is -1.64. The highest BCUT2D eigenvalue weighted by Crippen LogP contribution is 2.41. The number of benzene rings is 1. The van der Waals surface area contributed by atoms with Gasteiger partial charge in [0, 0.05) is 6.42 Å². The molecule has 1 fully saturated rings. The van der Waals surface area contributed by atoms with Crippen LogP contribution >= 0.6 is 0 Å². The fourth-order valence-corrected chi connectivity index (χ4v) is 2.74. The van der Waals surface area contributed by atoms with Crippen molar-refractivity contribution in [3.05, 3.63) is 35.9 Å². The summed E-state index contributed by atoms with van der Waals surface area (Å²) < 4.78 is 5.01.